The van der Waals surface area contributed by atoms with Gasteiger partial charge in [0, 0.05) is 26.8 Å². The molecule has 1 aliphatic heterocycles. The van der Waals surface area contributed by atoms with Gasteiger partial charge in [-0.1, -0.05) is 200 Å². The van der Waals surface area contributed by atoms with Crippen LogP contribution >= 0.6 is 24.3 Å². The van der Waals surface area contributed by atoms with Gasteiger partial charge in [-0.15, -0.1) is 0 Å². The van der Waals surface area contributed by atoms with E-state index >= 15 is 4.57 Å². The first-order chi connectivity index (χ1) is 34.1. The number of rotatable bonds is 13. The van der Waals surface area contributed by atoms with E-state index in [0.717, 1.165) is 54.2 Å². The molecule has 0 spiro atoms. The molecule has 0 atom stereocenters. The molecule has 0 bridgehead atoms. The van der Waals surface area contributed by atoms with Gasteiger partial charge in [0.1, 0.15) is 34.5 Å². The van der Waals surface area contributed by atoms with E-state index in [-0.39, 0.29) is 0 Å². The van der Waals surface area contributed by atoms with Crippen molar-refractivity contribution in [2.24, 2.45) is 0 Å². The van der Waals surface area contributed by atoms with E-state index < -0.39 is 24.3 Å². The summed E-state index contributed by atoms with van der Waals surface area (Å²) in [7, 11) is -8.32. The highest BCUT2D eigenvalue weighted by atomic mass is 31.2. The second-order valence-electron chi connectivity index (χ2n) is 16.6. The summed E-state index contributed by atoms with van der Waals surface area (Å²) in [6, 6.07) is 77.1. The van der Waals surface area contributed by atoms with E-state index in [0.29, 0.717) is 56.8 Å². The molecule has 1 aliphatic rings. The maximum atomic E-state index is 17.1. The highest BCUT2D eigenvalue weighted by molar-refractivity contribution is 7.86. The molecule has 11 aromatic carbocycles. The van der Waals surface area contributed by atoms with Crippen molar-refractivity contribution in [3.63, 3.8) is 0 Å². The average Bonchev–Trinajstić information content (AvgIpc) is 3.39. The van der Waals surface area contributed by atoms with Crippen LogP contribution < -0.4 is 43.1 Å². The summed E-state index contributed by atoms with van der Waals surface area (Å²) < 4.78 is 58.6. The first-order valence-corrected chi connectivity index (χ1v) is 26.5. The summed E-state index contributed by atoms with van der Waals surface area (Å²) in [5.41, 5.74) is 1.71. The van der Waals surface area contributed by atoms with E-state index in [9.17, 15) is 0 Å². The standard InChI is InChI=1S/C59H41O7P3/c60-69(47-28-2-1-3-29-47)58-45(26-16-38-56(58)65-67(61-52-34-12-22-41-18-4-8-30-48(41)52)62-53-35-13-23-42-19-5-9-31-49(42)53)40-46-27-17-39-57(59(46)69)66-68(63-54-36-14-24-43-20-6-10-32-50(43)54)64-55-37-15-25-44-21-7-11-33-51(44)55/h1-39H,40H2. The molecule has 0 aliphatic carbocycles. The van der Waals surface area contributed by atoms with Crippen LogP contribution in [0.1, 0.15) is 11.1 Å². The summed E-state index contributed by atoms with van der Waals surface area (Å²) in [4.78, 5) is 0. The number of hydrogen-bond acceptors (Lipinski definition) is 7. The van der Waals surface area contributed by atoms with Crippen LogP contribution in [0.4, 0.5) is 0 Å². The van der Waals surface area contributed by atoms with Crippen molar-refractivity contribution in [3.8, 4) is 34.5 Å². The van der Waals surface area contributed by atoms with E-state index in [1.807, 2.05) is 237 Å². The molecule has 0 saturated heterocycles. The predicted molar refractivity (Wildman–Crippen MR) is 282 cm³/mol. The van der Waals surface area contributed by atoms with Crippen molar-refractivity contribution in [3.05, 3.63) is 248 Å². The zero-order valence-corrected chi connectivity index (χ0v) is 39.6. The highest BCUT2D eigenvalue weighted by Gasteiger charge is 2.44. The van der Waals surface area contributed by atoms with Gasteiger partial charge >= 0.3 is 17.2 Å². The smallest absolute Gasteiger partial charge is 0.408 e. The van der Waals surface area contributed by atoms with E-state index in [4.69, 9.17) is 27.1 Å². The molecule has 0 amide bonds. The lowest BCUT2D eigenvalue weighted by Crippen LogP contribution is -2.35. The molecule has 334 valence electrons. The fourth-order valence-corrected chi connectivity index (χ4v) is 14.8. The quantitative estimate of drug-likeness (QED) is 0.107. The van der Waals surface area contributed by atoms with Crippen molar-refractivity contribution in [1.82, 2.24) is 0 Å². The predicted octanol–water partition coefficient (Wildman–Crippen LogP) is 15.4. The second-order valence-corrected chi connectivity index (χ2v) is 21.2. The van der Waals surface area contributed by atoms with Gasteiger partial charge in [-0.3, -0.25) is 0 Å². The first kappa shape index (κ1) is 42.7. The topological polar surface area (TPSA) is 72.5 Å². The Morgan fingerprint density at radius 2 is 0.565 bits per heavy atom. The molecule has 0 unspecified atom stereocenters. The van der Waals surface area contributed by atoms with E-state index in [1.54, 1.807) is 0 Å². The van der Waals surface area contributed by atoms with Crippen molar-refractivity contribution >= 4 is 83.4 Å². The molecule has 0 N–H and O–H groups in total. The maximum absolute atomic E-state index is 17.1. The lowest BCUT2D eigenvalue weighted by atomic mass is 10.0. The molecular formula is C59H41O7P3. The Morgan fingerprint density at radius 1 is 0.290 bits per heavy atom. The molecule has 7 nitrogen and oxygen atoms in total. The van der Waals surface area contributed by atoms with Crippen molar-refractivity contribution in [2.45, 2.75) is 6.42 Å². The molecule has 11 aromatic rings. The summed E-state index contributed by atoms with van der Waals surface area (Å²) in [6.45, 7) is 0. The van der Waals surface area contributed by atoms with Crippen LogP contribution in [0.2, 0.25) is 0 Å². The molecule has 1 heterocycles. The fourth-order valence-electron chi connectivity index (χ4n) is 9.19. The minimum atomic E-state index is -3.87. The summed E-state index contributed by atoms with van der Waals surface area (Å²) >= 11 is 0. The highest BCUT2D eigenvalue weighted by Crippen LogP contribution is 2.56. The minimum absolute atomic E-state index is 0.382. The number of benzene rings is 11. The zero-order chi connectivity index (χ0) is 46.2. The fraction of sp³-hybridized carbons (Fsp3) is 0.0169. The molecule has 0 radical (unpaired) electrons. The third kappa shape index (κ3) is 8.19. The Kier molecular flexibility index (Phi) is 11.4. The maximum Gasteiger partial charge on any atom is 0.530 e. The monoisotopic (exact) mass is 954 g/mol. The zero-order valence-electron chi connectivity index (χ0n) is 36.9. The van der Waals surface area contributed by atoms with Crippen LogP contribution in [0, 0.1) is 0 Å². The molecule has 10 heteroatoms. The van der Waals surface area contributed by atoms with Gasteiger partial charge in [0.15, 0.2) is 7.14 Å². The Bertz CT molecular complexity index is 3350. The third-order valence-electron chi connectivity index (χ3n) is 12.3. The lowest BCUT2D eigenvalue weighted by molar-refractivity contribution is 0.392. The lowest BCUT2D eigenvalue weighted by Gasteiger charge is -2.33. The molecule has 0 saturated carbocycles. The summed E-state index contributed by atoms with van der Waals surface area (Å²) in [6.07, 6.45) is 0.453. The van der Waals surface area contributed by atoms with Gasteiger partial charge in [-0.05, 0) is 75.5 Å². The molecule has 12 rings (SSSR count). The molecule has 69 heavy (non-hydrogen) atoms. The van der Waals surface area contributed by atoms with Crippen LogP contribution in [0.15, 0.2) is 237 Å². The van der Waals surface area contributed by atoms with Crippen LogP contribution in [-0.4, -0.2) is 0 Å². The van der Waals surface area contributed by atoms with E-state index in [2.05, 4.69) is 0 Å². The summed E-state index contributed by atoms with van der Waals surface area (Å²) in [5, 5.41) is 9.39. The SMILES string of the molecule is O=P1(c2ccccc2)c2c(cccc2OP(Oc2cccc3ccccc23)Oc2cccc3ccccc23)Cc2cccc(OP(Oc3cccc4ccccc34)Oc3cccc4ccccc34)c21. The Hall–Kier alpha value is -7.65. The Balaban J connectivity index is 0.991. The second kappa shape index (κ2) is 18.4. The molecule has 0 fully saturated rings. The van der Waals surface area contributed by atoms with Gasteiger partial charge < -0.3 is 31.7 Å². The van der Waals surface area contributed by atoms with Crippen LogP contribution in [-0.2, 0) is 11.0 Å². The van der Waals surface area contributed by atoms with Crippen LogP contribution in [0.5, 0.6) is 34.5 Å². The van der Waals surface area contributed by atoms with Crippen LogP contribution in [0.25, 0.3) is 43.1 Å². The van der Waals surface area contributed by atoms with E-state index in [1.165, 1.54) is 0 Å². The Labute approximate surface area is 401 Å². The normalized spacial score (nSPS) is 12.7. The third-order valence-corrected chi connectivity index (χ3v) is 17.7. The minimum Gasteiger partial charge on any atom is -0.408 e. The average molecular weight is 955 g/mol. The van der Waals surface area contributed by atoms with Gasteiger partial charge in [0.2, 0.25) is 0 Å². The van der Waals surface area contributed by atoms with Crippen molar-refractivity contribution < 1.29 is 31.7 Å². The summed E-state index contributed by atoms with van der Waals surface area (Å²) in [5.74, 6) is 3.16. The molecule has 0 aromatic heterocycles. The van der Waals surface area contributed by atoms with Gasteiger partial charge in [0.25, 0.3) is 0 Å². The molecular weight excluding hydrogens is 914 g/mol. The first-order valence-electron chi connectivity index (χ1n) is 22.6. The Morgan fingerprint density at radius 3 is 0.928 bits per heavy atom. The van der Waals surface area contributed by atoms with Gasteiger partial charge in [0.05, 0.1) is 10.6 Å². The van der Waals surface area contributed by atoms with Crippen LogP contribution in [0.3, 0.4) is 0 Å². The van der Waals surface area contributed by atoms with Gasteiger partial charge in [-0.25, -0.2) is 0 Å². The van der Waals surface area contributed by atoms with Crippen molar-refractivity contribution in [1.29, 1.82) is 0 Å². The largest absolute Gasteiger partial charge is 0.530 e. The number of hydrogen-bond donors (Lipinski definition) is 0. The van der Waals surface area contributed by atoms with Gasteiger partial charge in [-0.2, -0.15) is 0 Å². The van der Waals surface area contributed by atoms with Crippen molar-refractivity contribution in [2.75, 3.05) is 0 Å². The number of fused-ring (bicyclic) bond motifs is 6.